The summed E-state index contributed by atoms with van der Waals surface area (Å²) in [7, 11) is -4.56. The molecule has 0 bridgehead atoms. The first-order valence-electron chi connectivity index (χ1n) is 6.05. The second kappa shape index (κ2) is 5.91. The van der Waals surface area contributed by atoms with Crippen molar-refractivity contribution >= 4 is 37.7 Å². The number of hydrogen-bond acceptors (Lipinski definition) is 3. The van der Waals surface area contributed by atoms with E-state index in [-0.39, 0.29) is 34.5 Å². The second-order valence-electron chi connectivity index (χ2n) is 4.52. The van der Waals surface area contributed by atoms with Crippen molar-refractivity contribution in [3.05, 3.63) is 60.7 Å². The Hall–Kier alpha value is -1.17. The standard InChI is InChI=1S/C16H12O3S.Na/c1-2-11-7-9-14-13-6-4-3-5-12(13)8-10-15(14)16(11)20(17,18)19;/h2-10H,1H2,(H,17,18,19);/q;+1/p-1. The van der Waals surface area contributed by atoms with Gasteiger partial charge in [0, 0.05) is 5.39 Å². The molecule has 0 aliphatic rings. The molecule has 0 fully saturated rings. The fourth-order valence-corrected chi connectivity index (χ4v) is 3.40. The molecular weight excluding hydrogens is 295 g/mol. The summed E-state index contributed by atoms with van der Waals surface area (Å²) in [4.78, 5) is -0.198. The minimum atomic E-state index is -4.56. The van der Waals surface area contributed by atoms with Crippen LogP contribution in [0, 0.1) is 0 Å². The van der Waals surface area contributed by atoms with E-state index in [2.05, 4.69) is 6.58 Å². The van der Waals surface area contributed by atoms with Crippen molar-refractivity contribution in [3.63, 3.8) is 0 Å². The smallest absolute Gasteiger partial charge is 0.744 e. The molecule has 3 rings (SSSR count). The maximum absolute atomic E-state index is 11.6. The van der Waals surface area contributed by atoms with E-state index >= 15 is 0 Å². The van der Waals surface area contributed by atoms with Gasteiger partial charge in [0.2, 0.25) is 0 Å². The fourth-order valence-electron chi connectivity index (χ4n) is 2.52. The number of rotatable bonds is 2. The van der Waals surface area contributed by atoms with E-state index < -0.39 is 10.1 Å². The predicted octanol–water partition coefficient (Wildman–Crippen LogP) is 0.544. The predicted molar refractivity (Wildman–Crippen MR) is 79.5 cm³/mol. The first kappa shape index (κ1) is 16.2. The fraction of sp³-hybridized carbons (Fsp3) is 0. The van der Waals surface area contributed by atoms with Gasteiger partial charge in [0.25, 0.3) is 0 Å². The van der Waals surface area contributed by atoms with Crippen molar-refractivity contribution < 1.29 is 42.5 Å². The van der Waals surface area contributed by atoms with Crippen LogP contribution in [-0.4, -0.2) is 13.0 Å². The zero-order valence-electron chi connectivity index (χ0n) is 11.5. The van der Waals surface area contributed by atoms with Crippen LogP contribution in [-0.2, 0) is 10.1 Å². The van der Waals surface area contributed by atoms with E-state index in [1.54, 1.807) is 12.1 Å². The van der Waals surface area contributed by atoms with E-state index in [1.165, 1.54) is 6.08 Å². The average Bonchev–Trinajstić information content (AvgIpc) is 2.44. The van der Waals surface area contributed by atoms with E-state index in [0.717, 1.165) is 16.2 Å². The van der Waals surface area contributed by atoms with Gasteiger partial charge in [-0.1, -0.05) is 61.2 Å². The van der Waals surface area contributed by atoms with Gasteiger partial charge < -0.3 is 4.55 Å². The molecular formula is C16H11NaO3S. The Balaban J connectivity index is 0.00000161. The molecule has 3 aromatic rings. The van der Waals surface area contributed by atoms with Gasteiger partial charge in [-0.3, -0.25) is 0 Å². The van der Waals surface area contributed by atoms with Crippen molar-refractivity contribution in [2.24, 2.45) is 0 Å². The molecule has 0 spiro atoms. The van der Waals surface area contributed by atoms with Crippen molar-refractivity contribution in [3.8, 4) is 0 Å². The molecule has 0 radical (unpaired) electrons. The van der Waals surface area contributed by atoms with Crippen LogP contribution in [0.1, 0.15) is 5.56 Å². The van der Waals surface area contributed by atoms with Gasteiger partial charge in [0.05, 0.1) is 4.90 Å². The molecule has 0 aliphatic heterocycles. The van der Waals surface area contributed by atoms with Gasteiger partial charge in [0.15, 0.2) is 0 Å². The Bertz CT molecular complexity index is 946. The van der Waals surface area contributed by atoms with Crippen LogP contribution in [0.3, 0.4) is 0 Å². The third kappa shape index (κ3) is 2.78. The van der Waals surface area contributed by atoms with Crippen LogP contribution in [0.15, 0.2) is 60.0 Å². The quantitative estimate of drug-likeness (QED) is 0.394. The van der Waals surface area contributed by atoms with E-state index in [9.17, 15) is 13.0 Å². The third-order valence-corrected chi connectivity index (χ3v) is 4.33. The van der Waals surface area contributed by atoms with Crippen LogP contribution in [0.5, 0.6) is 0 Å². The molecule has 0 atom stereocenters. The summed E-state index contributed by atoms with van der Waals surface area (Å²) in [5, 5.41) is 3.12. The number of hydrogen-bond donors (Lipinski definition) is 0. The summed E-state index contributed by atoms with van der Waals surface area (Å²) < 4.78 is 34.7. The Labute approximate surface area is 145 Å². The normalized spacial score (nSPS) is 11.3. The summed E-state index contributed by atoms with van der Waals surface area (Å²) in [5.41, 5.74) is 0.336. The second-order valence-corrected chi connectivity index (χ2v) is 5.84. The Morgan fingerprint density at radius 3 is 2.24 bits per heavy atom. The minimum Gasteiger partial charge on any atom is -0.744 e. The summed E-state index contributed by atoms with van der Waals surface area (Å²) in [6.45, 7) is 3.57. The molecule has 0 amide bonds. The van der Waals surface area contributed by atoms with Crippen LogP contribution in [0.25, 0.3) is 27.6 Å². The summed E-state index contributed by atoms with van der Waals surface area (Å²) in [6.07, 6.45) is 1.39. The minimum absolute atomic E-state index is 0. The van der Waals surface area contributed by atoms with Gasteiger partial charge in [-0.05, 0) is 21.7 Å². The number of fused-ring (bicyclic) bond motifs is 3. The summed E-state index contributed by atoms with van der Waals surface area (Å²) >= 11 is 0. The zero-order valence-corrected chi connectivity index (χ0v) is 14.4. The van der Waals surface area contributed by atoms with Crippen LogP contribution in [0.2, 0.25) is 0 Å². The Morgan fingerprint density at radius 2 is 1.57 bits per heavy atom. The monoisotopic (exact) mass is 306 g/mol. The molecule has 3 aromatic carbocycles. The van der Waals surface area contributed by atoms with E-state index in [1.807, 2.05) is 36.4 Å². The molecule has 21 heavy (non-hydrogen) atoms. The molecule has 0 N–H and O–H groups in total. The molecule has 0 aliphatic carbocycles. The molecule has 100 valence electrons. The van der Waals surface area contributed by atoms with E-state index in [0.29, 0.717) is 10.9 Å². The van der Waals surface area contributed by atoms with Gasteiger partial charge in [0.1, 0.15) is 10.1 Å². The Morgan fingerprint density at radius 1 is 0.905 bits per heavy atom. The number of benzene rings is 3. The molecule has 0 heterocycles. The van der Waals surface area contributed by atoms with Crippen LogP contribution >= 0.6 is 0 Å². The van der Waals surface area contributed by atoms with Crippen molar-refractivity contribution in [2.45, 2.75) is 4.90 Å². The van der Waals surface area contributed by atoms with Crippen LogP contribution < -0.4 is 29.6 Å². The van der Waals surface area contributed by atoms with Crippen molar-refractivity contribution in [1.82, 2.24) is 0 Å². The van der Waals surface area contributed by atoms with Crippen molar-refractivity contribution in [1.29, 1.82) is 0 Å². The molecule has 0 unspecified atom stereocenters. The van der Waals surface area contributed by atoms with E-state index in [4.69, 9.17) is 0 Å². The molecule has 0 saturated carbocycles. The maximum atomic E-state index is 11.6. The Kier molecular flexibility index (Phi) is 4.56. The molecule has 0 aromatic heterocycles. The van der Waals surface area contributed by atoms with Gasteiger partial charge in [-0.2, -0.15) is 0 Å². The first-order valence-corrected chi connectivity index (χ1v) is 7.46. The third-order valence-electron chi connectivity index (χ3n) is 3.38. The van der Waals surface area contributed by atoms with Gasteiger partial charge >= 0.3 is 29.6 Å². The largest absolute Gasteiger partial charge is 1.00 e. The average molecular weight is 306 g/mol. The topological polar surface area (TPSA) is 57.2 Å². The summed E-state index contributed by atoms with van der Waals surface area (Å²) in [5.74, 6) is 0. The zero-order chi connectivity index (χ0) is 14.3. The molecule has 3 nitrogen and oxygen atoms in total. The van der Waals surface area contributed by atoms with Gasteiger partial charge in [-0.25, -0.2) is 8.42 Å². The molecule has 0 saturated heterocycles. The first-order chi connectivity index (χ1) is 9.52. The maximum Gasteiger partial charge on any atom is 1.00 e. The molecule has 5 heteroatoms. The van der Waals surface area contributed by atoms with Crippen molar-refractivity contribution in [2.75, 3.05) is 0 Å². The van der Waals surface area contributed by atoms with Crippen LogP contribution in [0.4, 0.5) is 0 Å². The SMILES string of the molecule is C=Cc1ccc2c(ccc3ccccc32)c1S(=O)(=O)[O-].[Na+]. The van der Waals surface area contributed by atoms with Gasteiger partial charge in [-0.15, -0.1) is 0 Å². The summed E-state index contributed by atoms with van der Waals surface area (Å²) in [6, 6.07) is 14.6.